The SMILES string of the molecule is CCC1C(=O)N[C@@]2([C@@H](N)C3CCCCC3)C(=O)O[C@@H]12. The number of fused-ring (bicyclic) bond motifs is 1. The third-order valence-corrected chi connectivity index (χ3v) is 5.18. The van der Waals surface area contributed by atoms with Crippen LogP contribution in [0.4, 0.5) is 0 Å². The molecule has 0 bridgehead atoms. The molecule has 106 valence electrons. The van der Waals surface area contributed by atoms with Crippen molar-refractivity contribution in [2.24, 2.45) is 17.6 Å². The first-order valence-electron chi connectivity index (χ1n) is 7.40. The molecule has 1 saturated carbocycles. The molecule has 19 heavy (non-hydrogen) atoms. The maximum absolute atomic E-state index is 12.0. The molecule has 0 aromatic heterocycles. The van der Waals surface area contributed by atoms with E-state index in [2.05, 4.69) is 5.32 Å². The zero-order chi connectivity index (χ0) is 13.6. The first kappa shape index (κ1) is 12.9. The van der Waals surface area contributed by atoms with Crippen LogP contribution in [0.5, 0.6) is 0 Å². The van der Waals surface area contributed by atoms with Gasteiger partial charge in [-0.2, -0.15) is 0 Å². The van der Waals surface area contributed by atoms with Crippen molar-refractivity contribution >= 4 is 11.9 Å². The van der Waals surface area contributed by atoms with Crippen molar-refractivity contribution in [1.29, 1.82) is 0 Å². The highest BCUT2D eigenvalue weighted by Gasteiger charge is 2.71. The average molecular weight is 266 g/mol. The smallest absolute Gasteiger partial charge is 0.337 e. The summed E-state index contributed by atoms with van der Waals surface area (Å²) >= 11 is 0. The first-order valence-corrected chi connectivity index (χ1v) is 7.40. The van der Waals surface area contributed by atoms with Gasteiger partial charge in [-0.25, -0.2) is 4.79 Å². The largest absolute Gasteiger partial charge is 0.456 e. The number of esters is 1. The van der Waals surface area contributed by atoms with E-state index in [1.54, 1.807) is 0 Å². The summed E-state index contributed by atoms with van der Waals surface area (Å²) in [6.07, 6.45) is 6.01. The number of nitrogens with two attached hydrogens (primary N) is 1. The number of amides is 1. The van der Waals surface area contributed by atoms with Crippen LogP contribution in [-0.4, -0.2) is 29.6 Å². The maximum Gasteiger partial charge on any atom is 0.337 e. The highest BCUT2D eigenvalue weighted by atomic mass is 16.6. The van der Waals surface area contributed by atoms with E-state index in [1.165, 1.54) is 19.3 Å². The molecule has 2 aliphatic heterocycles. The zero-order valence-electron chi connectivity index (χ0n) is 11.4. The Kier molecular flexibility index (Phi) is 3.04. The lowest BCUT2D eigenvalue weighted by Gasteiger charge is -2.49. The van der Waals surface area contributed by atoms with Crippen LogP contribution in [0.15, 0.2) is 0 Å². The molecule has 0 radical (unpaired) electrons. The molecule has 3 rings (SSSR count). The van der Waals surface area contributed by atoms with E-state index in [1.807, 2.05) is 6.92 Å². The molecule has 0 spiro atoms. The number of nitrogens with one attached hydrogen (secondary N) is 1. The topological polar surface area (TPSA) is 81.4 Å². The predicted octanol–water partition coefficient (Wildman–Crippen LogP) is 0.714. The highest BCUT2D eigenvalue weighted by Crippen LogP contribution is 2.45. The standard InChI is InChI=1S/C14H22N2O3/c1-2-9-11-14(13(18)19-11,16-12(9)17)10(15)8-6-4-3-5-7-8/h8-11H,2-7,15H2,1H3,(H,16,17)/t9?,10-,11-,14+/m0/s1. The minimum absolute atomic E-state index is 0.0791. The van der Waals surface area contributed by atoms with E-state index in [9.17, 15) is 9.59 Å². The van der Waals surface area contributed by atoms with Gasteiger partial charge in [0.2, 0.25) is 5.91 Å². The van der Waals surface area contributed by atoms with Gasteiger partial charge in [-0.3, -0.25) is 4.79 Å². The fourth-order valence-electron chi connectivity index (χ4n) is 3.99. The number of hydrogen-bond acceptors (Lipinski definition) is 4. The molecule has 5 heteroatoms. The quantitative estimate of drug-likeness (QED) is 0.737. The van der Waals surface area contributed by atoms with Gasteiger partial charge in [0.05, 0.1) is 5.92 Å². The maximum atomic E-state index is 12.0. The summed E-state index contributed by atoms with van der Waals surface area (Å²) in [4.78, 5) is 24.0. The molecule has 3 aliphatic rings. The zero-order valence-corrected chi connectivity index (χ0v) is 11.4. The summed E-state index contributed by atoms with van der Waals surface area (Å²) in [5, 5.41) is 2.88. The fourth-order valence-corrected chi connectivity index (χ4v) is 3.99. The Morgan fingerprint density at radius 2 is 2.05 bits per heavy atom. The van der Waals surface area contributed by atoms with Crippen molar-refractivity contribution in [3.05, 3.63) is 0 Å². The van der Waals surface area contributed by atoms with Crippen LogP contribution >= 0.6 is 0 Å². The van der Waals surface area contributed by atoms with Crippen LogP contribution in [0.3, 0.4) is 0 Å². The van der Waals surface area contributed by atoms with Crippen LogP contribution in [-0.2, 0) is 14.3 Å². The van der Waals surface area contributed by atoms with Crippen LogP contribution in [0.2, 0.25) is 0 Å². The molecule has 4 atom stereocenters. The molecule has 3 fully saturated rings. The van der Waals surface area contributed by atoms with E-state index in [0.29, 0.717) is 12.3 Å². The van der Waals surface area contributed by atoms with Gasteiger partial charge in [-0.15, -0.1) is 0 Å². The Labute approximate surface area is 113 Å². The molecule has 3 N–H and O–H groups in total. The molecule has 0 aromatic rings. The second-order valence-electron chi connectivity index (χ2n) is 6.12. The van der Waals surface area contributed by atoms with Gasteiger partial charge in [0.25, 0.3) is 0 Å². The van der Waals surface area contributed by atoms with Crippen LogP contribution < -0.4 is 11.1 Å². The molecule has 1 unspecified atom stereocenters. The van der Waals surface area contributed by atoms with E-state index in [-0.39, 0.29) is 29.9 Å². The first-order chi connectivity index (χ1) is 9.11. The van der Waals surface area contributed by atoms with Gasteiger partial charge >= 0.3 is 5.97 Å². The number of carbonyl (C=O) groups is 2. The molecular weight excluding hydrogens is 244 g/mol. The molecular formula is C14H22N2O3. The Hall–Kier alpha value is -1.10. The minimum Gasteiger partial charge on any atom is -0.456 e. The normalized spacial score (nSPS) is 40.1. The van der Waals surface area contributed by atoms with Gasteiger partial charge in [0.15, 0.2) is 5.54 Å². The molecule has 1 amide bonds. The lowest BCUT2D eigenvalue weighted by molar-refractivity contribution is -0.196. The van der Waals surface area contributed by atoms with Gasteiger partial charge in [0, 0.05) is 6.04 Å². The van der Waals surface area contributed by atoms with Crippen molar-refractivity contribution in [1.82, 2.24) is 5.32 Å². The third-order valence-electron chi connectivity index (χ3n) is 5.18. The van der Waals surface area contributed by atoms with Gasteiger partial charge in [-0.1, -0.05) is 26.2 Å². The Morgan fingerprint density at radius 1 is 1.37 bits per heavy atom. The molecule has 2 heterocycles. The van der Waals surface area contributed by atoms with Crippen molar-refractivity contribution in [2.75, 3.05) is 0 Å². The van der Waals surface area contributed by atoms with E-state index < -0.39 is 5.54 Å². The van der Waals surface area contributed by atoms with Crippen LogP contribution in [0.1, 0.15) is 45.4 Å². The summed E-state index contributed by atoms with van der Waals surface area (Å²) in [7, 11) is 0. The predicted molar refractivity (Wildman–Crippen MR) is 69.1 cm³/mol. The van der Waals surface area contributed by atoms with Crippen LogP contribution in [0, 0.1) is 11.8 Å². The number of carbonyl (C=O) groups excluding carboxylic acids is 2. The second kappa shape index (κ2) is 4.47. The van der Waals surface area contributed by atoms with E-state index in [0.717, 1.165) is 12.8 Å². The highest BCUT2D eigenvalue weighted by molar-refractivity contribution is 6.00. The van der Waals surface area contributed by atoms with Crippen molar-refractivity contribution in [3.63, 3.8) is 0 Å². The Morgan fingerprint density at radius 3 is 2.63 bits per heavy atom. The summed E-state index contributed by atoms with van der Waals surface area (Å²) in [5.74, 6) is -0.322. The van der Waals surface area contributed by atoms with Crippen molar-refractivity contribution in [2.45, 2.75) is 63.1 Å². The lowest BCUT2D eigenvalue weighted by Crippen LogP contribution is -2.76. The molecule has 5 nitrogen and oxygen atoms in total. The summed E-state index contributed by atoms with van der Waals surface area (Å²) in [5.41, 5.74) is 5.45. The van der Waals surface area contributed by atoms with E-state index >= 15 is 0 Å². The monoisotopic (exact) mass is 266 g/mol. The molecule has 0 aromatic carbocycles. The minimum atomic E-state index is -0.931. The number of rotatable bonds is 3. The van der Waals surface area contributed by atoms with Gasteiger partial charge in [-0.05, 0) is 25.2 Å². The molecule has 1 aliphatic carbocycles. The van der Waals surface area contributed by atoms with Crippen molar-refractivity contribution in [3.8, 4) is 0 Å². The summed E-state index contributed by atoms with van der Waals surface area (Å²) in [6.45, 7) is 1.94. The fraction of sp³-hybridized carbons (Fsp3) is 0.857. The van der Waals surface area contributed by atoms with E-state index in [4.69, 9.17) is 10.5 Å². The number of hydrogen-bond donors (Lipinski definition) is 2. The van der Waals surface area contributed by atoms with Gasteiger partial charge < -0.3 is 15.8 Å². The Balaban J connectivity index is 1.84. The van der Waals surface area contributed by atoms with Gasteiger partial charge in [0.1, 0.15) is 6.10 Å². The Bertz CT molecular complexity index is 405. The average Bonchev–Trinajstić information content (AvgIpc) is 2.67. The second-order valence-corrected chi connectivity index (χ2v) is 6.12. The lowest BCUT2D eigenvalue weighted by atomic mass is 9.70. The van der Waals surface area contributed by atoms with Crippen LogP contribution in [0.25, 0.3) is 0 Å². The molecule has 2 saturated heterocycles. The summed E-state index contributed by atoms with van der Waals surface area (Å²) in [6, 6.07) is -0.306. The van der Waals surface area contributed by atoms with Crippen molar-refractivity contribution < 1.29 is 14.3 Å². The summed E-state index contributed by atoms with van der Waals surface area (Å²) < 4.78 is 5.25. The number of ether oxygens (including phenoxy) is 1. The third kappa shape index (κ3) is 1.64.